The lowest BCUT2D eigenvalue weighted by molar-refractivity contribution is -0.167. The first-order valence-corrected chi connectivity index (χ1v) is 31.7. The van der Waals surface area contributed by atoms with E-state index in [1.165, 1.54) is 148 Å². The largest absolute Gasteiger partial charge is 0.462 e. The summed E-state index contributed by atoms with van der Waals surface area (Å²) in [7, 11) is 0. The van der Waals surface area contributed by atoms with Gasteiger partial charge < -0.3 is 14.2 Å². The molecule has 0 aliphatic carbocycles. The van der Waals surface area contributed by atoms with Gasteiger partial charge in [0.05, 0.1) is 0 Å². The molecule has 6 nitrogen and oxygen atoms in total. The Morgan fingerprint density at radius 2 is 0.520 bits per heavy atom. The summed E-state index contributed by atoms with van der Waals surface area (Å²) in [6, 6.07) is 0. The molecule has 1 unspecified atom stereocenters. The van der Waals surface area contributed by atoms with Crippen LogP contribution < -0.4 is 0 Å². The molecule has 0 aromatic carbocycles. The summed E-state index contributed by atoms with van der Waals surface area (Å²) in [5.74, 6) is -0.916. The van der Waals surface area contributed by atoms with Crippen molar-refractivity contribution in [3.8, 4) is 0 Å². The van der Waals surface area contributed by atoms with Crippen molar-refractivity contribution in [1.29, 1.82) is 0 Å². The molecule has 0 aliphatic heterocycles. The van der Waals surface area contributed by atoms with Gasteiger partial charge in [0, 0.05) is 19.3 Å². The van der Waals surface area contributed by atoms with E-state index in [0.29, 0.717) is 19.3 Å². The number of hydrogen-bond donors (Lipinski definition) is 0. The fourth-order valence-corrected chi connectivity index (χ4v) is 8.79. The summed E-state index contributed by atoms with van der Waals surface area (Å²) in [5, 5.41) is 0. The molecule has 430 valence electrons. The lowest BCUT2D eigenvalue weighted by Gasteiger charge is -2.18. The lowest BCUT2D eigenvalue weighted by Crippen LogP contribution is -2.30. The number of esters is 3. The summed E-state index contributed by atoms with van der Waals surface area (Å²) in [6.07, 6.45) is 84.0. The van der Waals surface area contributed by atoms with Crippen molar-refractivity contribution in [2.24, 2.45) is 0 Å². The van der Waals surface area contributed by atoms with Crippen LogP contribution in [0.15, 0.2) is 97.2 Å². The van der Waals surface area contributed by atoms with E-state index in [0.717, 1.165) is 116 Å². The lowest BCUT2D eigenvalue weighted by atomic mass is 10.0. The molecule has 0 aromatic rings. The molecule has 0 amide bonds. The second kappa shape index (κ2) is 62.9. The van der Waals surface area contributed by atoms with Crippen LogP contribution in [-0.2, 0) is 28.6 Å². The molecule has 0 heterocycles. The molecule has 0 spiro atoms. The number of carbonyl (C=O) groups excluding carboxylic acids is 3. The quantitative estimate of drug-likeness (QED) is 0.0261. The minimum atomic E-state index is -0.797. The average Bonchev–Trinajstić information content (AvgIpc) is 3.41. The topological polar surface area (TPSA) is 78.9 Å². The molecule has 0 rings (SSSR count). The van der Waals surface area contributed by atoms with Crippen LogP contribution in [0.4, 0.5) is 0 Å². The monoisotopic (exact) mass is 1040 g/mol. The zero-order valence-corrected chi connectivity index (χ0v) is 49.3. The van der Waals surface area contributed by atoms with Gasteiger partial charge in [-0.25, -0.2) is 0 Å². The fourth-order valence-electron chi connectivity index (χ4n) is 8.79. The molecular weight excluding hydrogens is 925 g/mol. The van der Waals surface area contributed by atoms with Gasteiger partial charge in [-0.05, 0) is 122 Å². The van der Waals surface area contributed by atoms with Crippen LogP contribution in [-0.4, -0.2) is 37.2 Å². The zero-order chi connectivity index (χ0) is 54.3. The van der Waals surface area contributed by atoms with Crippen LogP contribution in [0.25, 0.3) is 0 Å². The van der Waals surface area contributed by atoms with E-state index in [-0.39, 0.29) is 31.1 Å². The standard InChI is InChI=1S/C69H118O6/c1-4-7-10-13-16-19-22-25-28-31-32-33-34-35-36-39-41-44-47-50-53-56-59-62-68(71)74-65-66(75-69(72)63-60-57-54-51-48-45-42-38-30-27-24-21-18-15-12-9-6-3)64-73-67(70)61-58-55-52-49-46-43-40-37-29-26-23-20-17-14-11-8-5-2/h9,12,17-18,20-22,25-27,29-32,42,45,66H,4-8,10-11,13-16,19,23-24,28,33-41,43-44,46-65H2,1-3H3/b12-9-,20-17-,21-18-,25-22-,29-26-,30-27-,32-31-,45-42-. The van der Waals surface area contributed by atoms with Gasteiger partial charge >= 0.3 is 17.9 Å². The van der Waals surface area contributed by atoms with E-state index < -0.39 is 6.10 Å². The van der Waals surface area contributed by atoms with Crippen molar-refractivity contribution < 1.29 is 28.6 Å². The highest BCUT2D eigenvalue weighted by molar-refractivity contribution is 5.71. The molecule has 0 bridgehead atoms. The molecular formula is C69H118O6. The van der Waals surface area contributed by atoms with Crippen LogP contribution in [0, 0.1) is 0 Å². The molecule has 75 heavy (non-hydrogen) atoms. The first-order valence-electron chi connectivity index (χ1n) is 31.7. The van der Waals surface area contributed by atoms with Crippen LogP contribution in [0.3, 0.4) is 0 Å². The SMILES string of the molecule is CC/C=C\C/C=C\C/C=C\C/C=C\CCCCCCC(=O)OC(COC(=O)CCCCCCCCC/C=C\C/C=C\CCCCC)COC(=O)CCCCCCCCCCCCC/C=C\C/C=C\CCCCCCC. The summed E-state index contributed by atoms with van der Waals surface area (Å²) in [4.78, 5) is 38.3. The number of ether oxygens (including phenoxy) is 3. The Bertz CT molecular complexity index is 1480. The van der Waals surface area contributed by atoms with Gasteiger partial charge in [0.15, 0.2) is 6.10 Å². The highest BCUT2D eigenvalue weighted by atomic mass is 16.6. The Morgan fingerprint density at radius 1 is 0.280 bits per heavy atom. The van der Waals surface area contributed by atoms with Gasteiger partial charge in [0.25, 0.3) is 0 Å². The molecule has 0 radical (unpaired) electrons. The second-order valence-corrected chi connectivity index (χ2v) is 20.9. The maximum atomic E-state index is 12.9. The average molecular weight is 1040 g/mol. The van der Waals surface area contributed by atoms with E-state index in [4.69, 9.17) is 14.2 Å². The van der Waals surface area contributed by atoms with Crippen molar-refractivity contribution >= 4 is 17.9 Å². The number of allylic oxidation sites excluding steroid dienone is 16. The highest BCUT2D eigenvalue weighted by Crippen LogP contribution is 2.16. The van der Waals surface area contributed by atoms with Crippen LogP contribution in [0.2, 0.25) is 0 Å². The molecule has 0 aliphatic rings. The molecule has 0 N–H and O–H groups in total. The van der Waals surface area contributed by atoms with Gasteiger partial charge in [-0.3, -0.25) is 14.4 Å². The van der Waals surface area contributed by atoms with E-state index in [2.05, 4.69) is 118 Å². The Hall–Kier alpha value is -3.67. The Kier molecular flexibility index (Phi) is 59.8. The Morgan fingerprint density at radius 3 is 0.840 bits per heavy atom. The van der Waals surface area contributed by atoms with E-state index in [9.17, 15) is 14.4 Å². The van der Waals surface area contributed by atoms with E-state index >= 15 is 0 Å². The van der Waals surface area contributed by atoms with Gasteiger partial charge in [0.1, 0.15) is 13.2 Å². The van der Waals surface area contributed by atoms with Gasteiger partial charge in [-0.1, -0.05) is 259 Å². The molecule has 0 aromatic heterocycles. The predicted molar refractivity (Wildman–Crippen MR) is 325 cm³/mol. The Labute approximate surface area is 464 Å². The van der Waals surface area contributed by atoms with Crippen LogP contribution >= 0.6 is 0 Å². The first-order chi connectivity index (χ1) is 37.0. The smallest absolute Gasteiger partial charge is 0.306 e. The van der Waals surface area contributed by atoms with Gasteiger partial charge in [-0.15, -0.1) is 0 Å². The van der Waals surface area contributed by atoms with Gasteiger partial charge in [0.2, 0.25) is 0 Å². The predicted octanol–water partition coefficient (Wildman–Crippen LogP) is 21.7. The fraction of sp³-hybridized carbons (Fsp3) is 0.725. The summed E-state index contributed by atoms with van der Waals surface area (Å²) >= 11 is 0. The molecule has 6 heteroatoms. The summed E-state index contributed by atoms with van der Waals surface area (Å²) in [6.45, 7) is 6.49. The normalized spacial score (nSPS) is 12.7. The third kappa shape index (κ3) is 61.1. The second-order valence-electron chi connectivity index (χ2n) is 20.9. The van der Waals surface area contributed by atoms with Crippen molar-refractivity contribution in [2.75, 3.05) is 13.2 Å². The van der Waals surface area contributed by atoms with Gasteiger partial charge in [-0.2, -0.15) is 0 Å². The highest BCUT2D eigenvalue weighted by Gasteiger charge is 2.19. The third-order valence-electron chi connectivity index (χ3n) is 13.5. The number of unbranched alkanes of at least 4 members (excludes halogenated alkanes) is 30. The van der Waals surface area contributed by atoms with Crippen molar-refractivity contribution in [3.05, 3.63) is 97.2 Å². The summed E-state index contributed by atoms with van der Waals surface area (Å²) < 4.78 is 16.9. The van der Waals surface area contributed by atoms with E-state index in [1.807, 2.05) is 0 Å². The number of hydrogen-bond acceptors (Lipinski definition) is 6. The minimum absolute atomic E-state index is 0.0909. The summed E-state index contributed by atoms with van der Waals surface area (Å²) in [5.41, 5.74) is 0. The first kappa shape index (κ1) is 71.3. The van der Waals surface area contributed by atoms with E-state index in [1.54, 1.807) is 0 Å². The van der Waals surface area contributed by atoms with Crippen molar-refractivity contribution in [2.45, 2.75) is 309 Å². The molecule has 0 saturated carbocycles. The van der Waals surface area contributed by atoms with Crippen LogP contribution in [0.1, 0.15) is 303 Å². The number of carbonyl (C=O) groups is 3. The molecule has 1 atom stereocenters. The minimum Gasteiger partial charge on any atom is -0.462 e. The third-order valence-corrected chi connectivity index (χ3v) is 13.5. The molecule has 0 fully saturated rings. The maximum Gasteiger partial charge on any atom is 0.306 e. The van der Waals surface area contributed by atoms with Crippen molar-refractivity contribution in [3.63, 3.8) is 0 Å². The van der Waals surface area contributed by atoms with Crippen LogP contribution in [0.5, 0.6) is 0 Å². The Balaban J connectivity index is 4.40. The zero-order valence-electron chi connectivity index (χ0n) is 49.3. The molecule has 0 saturated heterocycles. The maximum absolute atomic E-state index is 12.9. The number of rotatable bonds is 57. The van der Waals surface area contributed by atoms with Crippen molar-refractivity contribution in [1.82, 2.24) is 0 Å².